The molecule has 0 unspecified atom stereocenters. The van der Waals surface area contributed by atoms with Crippen molar-refractivity contribution in [1.82, 2.24) is 5.32 Å². The first-order valence-corrected chi connectivity index (χ1v) is 6.76. The first-order valence-electron chi connectivity index (χ1n) is 5.96. The van der Waals surface area contributed by atoms with Gasteiger partial charge in [0.2, 0.25) is 0 Å². The smallest absolute Gasteiger partial charge is 0.251 e. The van der Waals surface area contributed by atoms with Gasteiger partial charge in [-0.15, -0.1) is 0 Å². The van der Waals surface area contributed by atoms with E-state index < -0.39 is 0 Å². The van der Waals surface area contributed by atoms with Crippen molar-refractivity contribution in [1.29, 1.82) is 0 Å². The van der Waals surface area contributed by atoms with E-state index in [1.165, 1.54) is 0 Å². The zero-order valence-corrected chi connectivity index (χ0v) is 12.1. The number of hydrogen-bond donors (Lipinski definition) is 2. The van der Waals surface area contributed by atoms with Crippen LogP contribution >= 0.6 is 15.9 Å². The lowest BCUT2D eigenvalue weighted by molar-refractivity contribution is 0.0952. The van der Waals surface area contributed by atoms with E-state index in [-0.39, 0.29) is 5.91 Å². The zero-order chi connectivity index (χ0) is 13.4. The summed E-state index contributed by atoms with van der Waals surface area (Å²) < 4.78 is 5.77. The van der Waals surface area contributed by atoms with Gasteiger partial charge in [-0.05, 0) is 37.5 Å². The highest BCUT2D eigenvalue weighted by atomic mass is 79.9. The minimum absolute atomic E-state index is 0.0882. The van der Waals surface area contributed by atoms with Gasteiger partial charge in [-0.1, -0.05) is 15.9 Å². The maximum absolute atomic E-state index is 11.8. The Balaban J connectivity index is 2.32. The molecule has 3 N–H and O–H groups in total. The number of nitrogens with two attached hydrogens (primary N) is 1. The molecule has 1 aromatic rings. The van der Waals surface area contributed by atoms with Crippen LogP contribution in [0.25, 0.3) is 0 Å². The molecule has 0 heterocycles. The normalized spacial score (nSPS) is 10.3. The fourth-order valence-corrected chi connectivity index (χ4v) is 2.11. The van der Waals surface area contributed by atoms with Crippen LogP contribution < -0.4 is 11.1 Å². The van der Waals surface area contributed by atoms with Gasteiger partial charge in [-0.2, -0.15) is 0 Å². The van der Waals surface area contributed by atoms with Crippen molar-refractivity contribution in [2.75, 3.05) is 26.0 Å². The molecular formula is C13H19BrN2O2. The Bertz CT molecular complexity index is 376. The molecule has 18 heavy (non-hydrogen) atoms. The number of carbonyl (C=O) groups is 1. The molecule has 0 saturated heterocycles. The van der Waals surface area contributed by atoms with Gasteiger partial charge in [0.1, 0.15) is 0 Å². The van der Waals surface area contributed by atoms with Crippen LogP contribution in [-0.2, 0) is 4.74 Å². The molecule has 0 aliphatic heterocycles. The molecule has 100 valence electrons. The van der Waals surface area contributed by atoms with Crippen molar-refractivity contribution in [3.05, 3.63) is 28.2 Å². The van der Waals surface area contributed by atoms with Crippen molar-refractivity contribution in [3.8, 4) is 0 Å². The molecule has 4 nitrogen and oxygen atoms in total. The van der Waals surface area contributed by atoms with E-state index >= 15 is 0 Å². The Kier molecular flexibility index (Phi) is 6.75. The highest BCUT2D eigenvalue weighted by Crippen LogP contribution is 2.17. The predicted molar refractivity (Wildman–Crippen MR) is 76.6 cm³/mol. The van der Waals surface area contributed by atoms with Crippen molar-refractivity contribution in [2.24, 2.45) is 0 Å². The van der Waals surface area contributed by atoms with Crippen molar-refractivity contribution < 1.29 is 9.53 Å². The van der Waals surface area contributed by atoms with Gasteiger partial charge >= 0.3 is 0 Å². The Morgan fingerprint density at radius 1 is 1.33 bits per heavy atom. The van der Waals surface area contributed by atoms with Crippen LogP contribution in [0.4, 0.5) is 5.69 Å². The molecule has 5 heteroatoms. The van der Waals surface area contributed by atoms with E-state index in [1.807, 2.05) is 0 Å². The van der Waals surface area contributed by atoms with Gasteiger partial charge in [0.05, 0.1) is 0 Å². The Morgan fingerprint density at radius 2 is 2.11 bits per heavy atom. The fraction of sp³-hybridized carbons (Fsp3) is 0.462. The summed E-state index contributed by atoms with van der Waals surface area (Å²) in [5, 5.41) is 2.87. The molecule has 0 atom stereocenters. The van der Waals surface area contributed by atoms with E-state index in [0.717, 1.165) is 30.3 Å². The third kappa shape index (κ3) is 5.51. The van der Waals surface area contributed by atoms with E-state index in [9.17, 15) is 4.79 Å². The van der Waals surface area contributed by atoms with E-state index in [1.54, 1.807) is 25.3 Å². The number of anilines is 1. The molecule has 1 aromatic carbocycles. The third-order valence-electron chi connectivity index (χ3n) is 2.49. The van der Waals surface area contributed by atoms with E-state index in [0.29, 0.717) is 17.8 Å². The summed E-state index contributed by atoms with van der Waals surface area (Å²) in [5.41, 5.74) is 6.84. The molecule has 0 aromatic heterocycles. The van der Waals surface area contributed by atoms with Gasteiger partial charge in [-0.3, -0.25) is 4.79 Å². The second-order valence-electron chi connectivity index (χ2n) is 4.08. The average Bonchev–Trinajstić information content (AvgIpc) is 2.32. The average molecular weight is 315 g/mol. The van der Waals surface area contributed by atoms with Crippen LogP contribution in [0.2, 0.25) is 0 Å². The fourth-order valence-electron chi connectivity index (χ4n) is 1.60. The summed E-state index contributed by atoms with van der Waals surface area (Å²) in [4.78, 5) is 11.8. The minimum atomic E-state index is -0.0882. The number of benzene rings is 1. The number of amides is 1. The van der Waals surface area contributed by atoms with Crippen LogP contribution in [0.1, 0.15) is 29.6 Å². The highest BCUT2D eigenvalue weighted by molar-refractivity contribution is 9.10. The topological polar surface area (TPSA) is 64.3 Å². The number of rotatable bonds is 7. The number of hydrogen-bond acceptors (Lipinski definition) is 3. The maximum Gasteiger partial charge on any atom is 0.251 e. The van der Waals surface area contributed by atoms with Crippen LogP contribution in [0.3, 0.4) is 0 Å². The second kappa shape index (κ2) is 8.11. The summed E-state index contributed by atoms with van der Waals surface area (Å²) >= 11 is 3.32. The number of methoxy groups -OCH3 is 1. The van der Waals surface area contributed by atoms with Crippen LogP contribution in [0.15, 0.2) is 22.7 Å². The van der Waals surface area contributed by atoms with Crippen LogP contribution in [0, 0.1) is 0 Å². The third-order valence-corrected chi connectivity index (χ3v) is 2.95. The number of nitrogens with one attached hydrogen (secondary N) is 1. The lowest BCUT2D eigenvalue weighted by atomic mass is 10.2. The largest absolute Gasteiger partial charge is 0.399 e. The molecule has 0 bridgehead atoms. The number of halogens is 1. The Hall–Kier alpha value is -1.07. The van der Waals surface area contributed by atoms with Crippen LogP contribution in [0.5, 0.6) is 0 Å². The van der Waals surface area contributed by atoms with Crippen molar-refractivity contribution in [2.45, 2.75) is 19.3 Å². The zero-order valence-electron chi connectivity index (χ0n) is 10.5. The lowest BCUT2D eigenvalue weighted by Gasteiger charge is -2.06. The number of ether oxygens (including phenoxy) is 1. The molecule has 0 saturated carbocycles. The van der Waals surface area contributed by atoms with Gasteiger partial charge in [-0.25, -0.2) is 0 Å². The second-order valence-corrected chi connectivity index (χ2v) is 5.00. The highest BCUT2D eigenvalue weighted by Gasteiger charge is 2.06. The monoisotopic (exact) mass is 314 g/mol. The SMILES string of the molecule is COCCCCCNC(=O)c1cc(N)cc(Br)c1. The summed E-state index contributed by atoms with van der Waals surface area (Å²) in [6, 6.07) is 5.20. The molecule has 1 amide bonds. The Labute approximate surface area is 116 Å². The molecule has 0 radical (unpaired) electrons. The summed E-state index contributed by atoms with van der Waals surface area (Å²) in [5.74, 6) is -0.0882. The van der Waals surface area contributed by atoms with Gasteiger partial charge < -0.3 is 15.8 Å². The molecule has 0 spiro atoms. The molecule has 0 fully saturated rings. The number of nitrogen functional groups attached to an aromatic ring is 1. The molecule has 1 rings (SSSR count). The standard InChI is InChI=1S/C13H19BrN2O2/c1-18-6-4-2-3-5-16-13(17)10-7-11(14)9-12(15)8-10/h7-9H,2-6,15H2,1H3,(H,16,17). The van der Waals surface area contributed by atoms with Crippen molar-refractivity contribution >= 4 is 27.5 Å². The van der Waals surface area contributed by atoms with E-state index in [2.05, 4.69) is 21.2 Å². The minimum Gasteiger partial charge on any atom is -0.399 e. The van der Waals surface area contributed by atoms with Gasteiger partial charge in [0, 0.05) is 36.0 Å². The molecule has 0 aliphatic rings. The van der Waals surface area contributed by atoms with E-state index in [4.69, 9.17) is 10.5 Å². The van der Waals surface area contributed by atoms with Crippen LogP contribution in [-0.4, -0.2) is 26.2 Å². The first-order chi connectivity index (χ1) is 8.63. The number of unbranched alkanes of at least 4 members (excludes halogenated alkanes) is 2. The predicted octanol–water partition coefficient (Wildman–Crippen LogP) is 2.58. The Morgan fingerprint density at radius 3 is 2.78 bits per heavy atom. The van der Waals surface area contributed by atoms with Crippen molar-refractivity contribution in [3.63, 3.8) is 0 Å². The molecular weight excluding hydrogens is 296 g/mol. The maximum atomic E-state index is 11.8. The summed E-state index contributed by atoms with van der Waals surface area (Å²) in [7, 11) is 1.69. The lowest BCUT2D eigenvalue weighted by Crippen LogP contribution is -2.24. The quantitative estimate of drug-likeness (QED) is 0.600. The first kappa shape index (κ1) is 15.0. The van der Waals surface area contributed by atoms with Gasteiger partial charge in [0.15, 0.2) is 0 Å². The summed E-state index contributed by atoms with van der Waals surface area (Å²) in [6.45, 7) is 1.45. The van der Waals surface area contributed by atoms with Gasteiger partial charge in [0.25, 0.3) is 5.91 Å². The number of carbonyl (C=O) groups excluding carboxylic acids is 1. The summed E-state index contributed by atoms with van der Waals surface area (Å²) in [6.07, 6.45) is 3.03. The molecule has 0 aliphatic carbocycles.